The van der Waals surface area contributed by atoms with Gasteiger partial charge in [0.2, 0.25) is 0 Å². The summed E-state index contributed by atoms with van der Waals surface area (Å²) >= 11 is 0. The van der Waals surface area contributed by atoms with Gasteiger partial charge in [-0.25, -0.2) is 5.11 Å². The SMILES string of the molecule is [2H]C1=C([O])OCCN1Cc1ccccc1[2H]. The van der Waals surface area contributed by atoms with Crippen LogP contribution in [0.5, 0.6) is 0 Å². The highest BCUT2D eigenvalue weighted by Crippen LogP contribution is 2.10. The van der Waals surface area contributed by atoms with Gasteiger partial charge in [-0.1, -0.05) is 30.3 Å². The highest BCUT2D eigenvalue weighted by atomic mass is 16.6. The van der Waals surface area contributed by atoms with E-state index in [1.807, 2.05) is 12.1 Å². The van der Waals surface area contributed by atoms with Gasteiger partial charge >= 0.3 is 5.95 Å². The van der Waals surface area contributed by atoms with Gasteiger partial charge < -0.3 is 9.64 Å². The fourth-order valence-corrected chi connectivity index (χ4v) is 1.32. The van der Waals surface area contributed by atoms with Crippen LogP contribution in [-0.4, -0.2) is 18.1 Å². The van der Waals surface area contributed by atoms with Crippen molar-refractivity contribution < 1.29 is 12.6 Å². The molecule has 14 heavy (non-hydrogen) atoms. The summed E-state index contributed by atoms with van der Waals surface area (Å²) in [6.45, 7) is 1.23. The maximum absolute atomic E-state index is 11.1. The van der Waals surface area contributed by atoms with Gasteiger partial charge in [0.15, 0.2) is 0 Å². The maximum Gasteiger partial charge on any atom is 0.347 e. The zero-order valence-corrected chi connectivity index (χ0v) is 7.69. The summed E-state index contributed by atoms with van der Waals surface area (Å²) in [7, 11) is 0. The Morgan fingerprint density at radius 1 is 1.50 bits per heavy atom. The van der Waals surface area contributed by atoms with Gasteiger partial charge in [0.25, 0.3) is 0 Å². The lowest BCUT2D eigenvalue weighted by Crippen LogP contribution is -2.26. The molecule has 0 N–H and O–H groups in total. The Kier molecular flexibility index (Phi) is 1.95. The van der Waals surface area contributed by atoms with Gasteiger partial charge in [0, 0.05) is 6.54 Å². The van der Waals surface area contributed by atoms with Gasteiger partial charge in [-0.15, -0.1) is 0 Å². The molecule has 0 aliphatic carbocycles. The molecule has 1 aliphatic heterocycles. The second-order valence-electron chi connectivity index (χ2n) is 3.06. The summed E-state index contributed by atoms with van der Waals surface area (Å²) < 4.78 is 20.0. The van der Waals surface area contributed by atoms with Crippen molar-refractivity contribution in [1.82, 2.24) is 4.90 Å². The predicted molar refractivity (Wildman–Crippen MR) is 51.6 cm³/mol. The molecule has 0 bridgehead atoms. The molecule has 73 valence electrons. The molecule has 1 aromatic rings. The summed E-state index contributed by atoms with van der Waals surface area (Å²) in [5, 5.41) is 11.1. The van der Waals surface area contributed by atoms with Crippen LogP contribution in [0.25, 0.3) is 0 Å². The average molecular weight is 192 g/mol. The number of hydrogen-bond acceptors (Lipinski definition) is 2. The molecule has 0 spiro atoms. The Hall–Kier alpha value is -1.64. The van der Waals surface area contributed by atoms with Crippen molar-refractivity contribution in [2.75, 3.05) is 13.2 Å². The van der Waals surface area contributed by atoms with E-state index in [0.717, 1.165) is 5.56 Å². The van der Waals surface area contributed by atoms with Crippen molar-refractivity contribution in [1.29, 1.82) is 0 Å². The highest BCUT2D eigenvalue weighted by molar-refractivity contribution is 5.15. The van der Waals surface area contributed by atoms with Gasteiger partial charge in [-0.3, -0.25) is 0 Å². The first-order chi connectivity index (χ1) is 7.68. The Morgan fingerprint density at radius 3 is 3.29 bits per heavy atom. The first-order valence-electron chi connectivity index (χ1n) is 5.48. The van der Waals surface area contributed by atoms with E-state index < -0.39 is 5.95 Å². The Morgan fingerprint density at radius 2 is 2.43 bits per heavy atom. The third kappa shape index (κ3) is 2.19. The predicted octanol–water partition coefficient (Wildman–Crippen LogP) is 1.75. The van der Waals surface area contributed by atoms with Crippen LogP contribution in [0.15, 0.2) is 42.4 Å². The molecule has 2 rings (SSSR count). The number of nitrogens with zero attached hydrogens (tertiary/aromatic N) is 1. The molecular weight excluding hydrogens is 178 g/mol. The van der Waals surface area contributed by atoms with Crippen molar-refractivity contribution in [3.05, 3.63) is 48.0 Å². The van der Waals surface area contributed by atoms with Crippen LogP contribution in [-0.2, 0) is 16.4 Å². The third-order valence-corrected chi connectivity index (χ3v) is 1.98. The average Bonchev–Trinajstić information content (AvgIpc) is 2.28. The van der Waals surface area contributed by atoms with E-state index in [1.54, 1.807) is 17.0 Å². The van der Waals surface area contributed by atoms with E-state index >= 15 is 0 Å². The molecule has 0 aromatic heterocycles. The minimum absolute atomic E-state index is 0.130. The third-order valence-electron chi connectivity index (χ3n) is 1.98. The first kappa shape index (κ1) is 6.76. The van der Waals surface area contributed by atoms with Crippen LogP contribution in [0.2, 0.25) is 0 Å². The second-order valence-corrected chi connectivity index (χ2v) is 3.06. The highest BCUT2D eigenvalue weighted by Gasteiger charge is 2.11. The lowest BCUT2D eigenvalue weighted by molar-refractivity contribution is 0.0173. The van der Waals surface area contributed by atoms with Crippen molar-refractivity contribution in [3.63, 3.8) is 0 Å². The topological polar surface area (TPSA) is 32.4 Å². The molecule has 0 saturated carbocycles. The van der Waals surface area contributed by atoms with Crippen molar-refractivity contribution >= 4 is 0 Å². The van der Waals surface area contributed by atoms with E-state index in [0.29, 0.717) is 25.7 Å². The zero-order chi connectivity index (χ0) is 11.5. The summed E-state index contributed by atoms with van der Waals surface area (Å²) in [5.41, 5.74) is 0.807. The van der Waals surface area contributed by atoms with Crippen LogP contribution < -0.4 is 0 Å². The van der Waals surface area contributed by atoms with E-state index in [4.69, 9.17) is 7.48 Å². The van der Waals surface area contributed by atoms with Gasteiger partial charge in [0.05, 0.1) is 15.5 Å². The molecule has 1 radical (unpaired) electrons. The minimum atomic E-state index is -0.589. The Bertz CT molecular complexity index is 420. The van der Waals surface area contributed by atoms with Crippen LogP contribution in [0.4, 0.5) is 0 Å². The quantitative estimate of drug-likeness (QED) is 0.715. The minimum Gasteiger partial charge on any atom is -0.460 e. The van der Waals surface area contributed by atoms with Crippen LogP contribution in [0.3, 0.4) is 0 Å². The maximum atomic E-state index is 11.1. The normalized spacial score (nSPS) is 18.7. The summed E-state index contributed by atoms with van der Waals surface area (Å²) in [5.74, 6) is -0.589. The molecule has 3 nitrogen and oxygen atoms in total. The molecule has 0 saturated heterocycles. The number of benzene rings is 1. The van der Waals surface area contributed by atoms with Crippen molar-refractivity contribution in [2.24, 2.45) is 0 Å². The number of hydrogen-bond donors (Lipinski definition) is 0. The molecule has 0 unspecified atom stereocenters. The van der Waals surface area contributed by atoms with Crippen LogP contribution >= 0.6 is 0 Å². The molecule has 0 atom stereocenters. The lowest BCUT2D eigenvalue weighted by atomic mass is 10.2. The molecule has 0 amide bonds. The molecule has 3 heteroatoms. The van der Waals surface area contributed by atoms with Crippen LogP contribution in [0.1, 0.15) is 8.30 Å². The van der Waals surface area contributed by atoms with Crippen LogP contribution in [0, 0.1) is 0 Å². The van der Waals surface area contributed by atoms with Crippen molar-refractivity contribution in [2.45, 2.75) is 6.54 Å². The number of rotatable bonds is 2. The van der Waals surface area contributed by atoms with E-state index in [2.05, 4.69) is 0 Å². The van der Waals surface area contributed by atoms with E-state index in [9.17, 15) is 5.11 Å². The summed E-state index contributed by atoms with van der Waals surface area (Å²) in [6, 6.07) is 7.59. The van der Waals surface area contributed by atoms with Crippen molar-refractivity contribution in [3.8, 4) is 0 Å². The molecule has 1 aromatic carbocycles. The smallest absolute Gasteiger partial charge is 0.347 e. The number of ether oxygens (including phenoxy) is 1. The van der Waals surface area contributed by atoms with Gasteiger partial charge in [-0.2, -0.15) is 0 Å². The van der Waals surface area contributed by atoms with E-state index in [1.165, 1.54) is 0 Å². The molecule has 1 heterocycles. The second kappa shape index (κ2) is 4.05. The Labute approximate surface area is 86.0 Å². The first-order valence-corrected chi connectivity index (χ1v) is 4.48. The standard InChI is InChI=1S/C11H12NO2/c13-11-9-12(6-7-14-11)8-10-4-2-1-3-5-10/h1-5,9H,6-8H2/i4D,9D. The Balaban J connectivity index is 2.16. The summed E-state index contributed by atoms with van der Waals surface area (Å²) in [4.78, 5) is 1.62. The largest absolute Gasteiger partial charge is 0.460 e. The van der Waals surface area contributed by atoms with Gasteiger partial charge in [0.1, 0.15) is 6.61 Å². The summed E-state index contributed by atoms with van der Waals surface area (Å²) in [6.07, 6.45) is -0.130. The van der Waals surface area contributed by atoms with Gasteiger partial charge in [-0.05, 0) is 5.56 Å². The fraction of sp³-hybridized carbons (Fsp3) is 0.273. The van der Waals surface area contributed by atoms with E-state index in [-0.39, 0.29) is 6.18 Å². The zero-order valence-electron chi connectivity index (χ0n) is 9.69. The molecule has 0 fully saturated rings. The molecular formula is C11H12NO2. The lowest BCUT2D eigenvalue weighted by Gasteiger charge is -2.23. The molecule has 1 aliphatic rings. The fourth-order valence-electron chi connectivity index (χ4n) is 1.32. The monoisotopic (exact) mass is 192 g/mol.